The Morgan fingerprint density at radius 3 is 2.22 bits per heavy atom. The summed E-state index contributed by atoms with van der Waals surface area (Å²) in [5, 5.41) is 2.70. The zero-order valence-corrected chi connectivity index (χ0v) is 17.9. The van der Waals surface area contributed by atoms with Gasteiger partial charge < -0.3 is 15.0 Å². The molecule has 0 radical (unpaired) electrons. The summed E-state index contributed by atoms with van der Waals surface area (Å²) in [6.45, 7) is 0.871. The van der Waals surface area contributed by atoms with Crippen molar-refractivity contribution < 1.29 is 18.7 Å². The molecule has 1 saturated heterocycles. The van der Waals surface area contributed by atoms with Crippen LogP contribution in [0, 0.1) is 5.82 Å². The largest absolute Gasteiger partial charge is 0.361 e. The van der Waals surface area contributed by atoms with Crippen molar-refractivity contribution in [3.8, 4) is 11.1 Å². The minimum absolute atomic E-state index is 0.117. The number of hydrogen-bond acceptors (Lipinski definition) is 3. The van der Waals surface area contributed by atoms with Crippen LogP contribution in [0.5, 0.6) is 0 Å². The van der Waals surface area contributed by atoms with Crippen molar-refractivity contribution in [3.63, 3.8) is 0 Å². The first kappa shape index (κ1) is 21.7. The summed E-state index contributed by atoms with van der Waals surface area (Å²) in [7, 11) is 1.57. The molecule has 32 heavy (non-hydrogen) atoms. The molecule has 1 unspecified atom stereocenters. The maximum Gasteiger partial charge on any atom is 0.254 e. The number of nitrogens with one attached hydrogen (secondary N) is 1. The topological polar surface area (TPSA) is 58.6 Å². The van der Waals surface area contributed by atoms with Crippen LogP contribution >= 0.6 is 0 Å². The smallest absolute Gasteiger partial charge is 0.254 e. The highest BCUT2D eigenvalue weighted by molar-refractivity contribution is 5.95. The predicted molar refractivity (Wildman–Crippen MR) is 121 cm³/mol. The van der Waals surface area contributed by atoms with E-state index in [0.29, 0.717) is 18.5 Å². The van der Waals surface area contributed by atoms with E-state index in [9.17, 15) is 14.0 Å². The van der Waals surface area contributed by atoms with E-state index in [-0.39, 0.29) is 30.8 Å². The fourth-order valence-corrected chi connectivity index (χ4v) is 4.06. The van der Waals surface area contributed by atoms with Crippen molar-refractivity contribution in [2.24, 2.45) is 0 Å². The van der Waals surface area contributed by atoms with E-state index >= 15 is 0 Å². The monoisotopic (exact) mass is 432 g/mol. The van der Waals surface area contributed by atoms with Crippen molar-refractivity contribution in [1.82, 2.24) is 10.2 Å². The molecule has 0 bridgehead atoms. The van der Waals surface area contributed by atoms with E-state index in [0.717, 1.165) is 16.7 Å². The van der Waals surface area contributed by atoms with Gasteiger partial charge in [-0.3, -0.25) is 9.59 Å². The molecule has 0 saturated carbocycles. The number of carbonyl (C=O) groups excluding carboxylic acids is 2. The van der Waals surface area contributed by atoms with Gasteiger partial charge in [0.25, 0.3) is 11.8 Å². The summed E-state index contributed by atoms with van der Waals surface area (Å²) in [6, 6.07) is 23.1. The summed E-state index contributed by atoms with van der Waals surface area (Å²) in [5.41, 5.74) is 2.19. The highest BCUT2D eigenvalue weighted by Crippen LogP contribution is 2.27. The second-order valence-electron chi connectivity index (χ2n) is 7.90. The number of halogens is 1. The second kappa shape index (κ2) is 9.32. The normalized spacial score (nSPS) is 18.2. The Bertz CT molecular complexity index is 1080. The molecule has 1 aliphatic heterocycles. The number of rotatable bonds is 5. The fraction of sp³-hybridized carbons (Fsp3) is 0.231. The highest BCUT2D eigenvalue weighted by atomic mass is 19.1. The van der Waals surface area contributed by atoms with Gasteiger partial charge in [0, 0.05) is 25.6 Å². The lowest BCUT2D eigenvalue weighted by Crippen LogP contribution is -2.61. The van der Waals surface area contributed by atoms with E-state index in [1.807, 2.05) is 42.5 Å². The van der Waals surface area contributed by atoms with Crippen LogP contribution in [0.2, 0.25) is 0 Å². The van der Waals surface area contributed by atoms with Crippen molar-refractivity contribution in [3.05, 3.63) is 95.8 Å². The molecule has 0 aromatic heterocycles. The number of carbonyl (C=O) groups is 2. The van der Waals surface area contributed by atoms with Gasteiger partial charge in [-0.1, -0.05) is 54.6 Å². The molecule has 4 rings (SSSR count). The highest BCUT2D eigenvalue weighted by Gasteiger charge is 2.44. The lowest BCUT2D eigenvalue weighted by molar-refractivity contribution is -0.156. The van der Waals surface area contributed by atoms with E-state index in [4.69, 9.17) is 4.74 Å². The molecule has 164 valence electrons. The Morgan fingerprint density at radius 2 is 1.59 bits per heavy atom. The number of morpholine rings is 1. The van der Waals surface area contributed by atoms with E-state index in [1.54, 1.807) is 36.2 Å². The molecule has 1 heterocycles. The van der Waals surface area contributed by atoms with Gasteiger partial charge in [-0.25, -0.2) is 4.39 Å². The van der Waals surface area contributed by atoms with Gasteiger partial charge in [-0.15, -0.1) is 0 Å². The standard InChI is InChI=1S/C26H25FN2O3/c1-28-25(31)26(18-29(15-16-32-26)24(30)22-5-3-2-4-6-22)17-19-7-9-20(10-8-19)21-11-13-23(27)14-12-21/h2-14H,15-18H2,1H3,(H,28,31). The first-order valence-electron chi connectivity index (χ1n) is 10.6. The molecule has 3 aromatic rings. The average Bonchev–Trinajstić information content (AvgIpc) is 2.85. The van der Waals surface area contributed by atoms with Crippen LogP contribution in [0.15, 0.2) is 78.9 Å². The molecule has 0 spiro atoms. The van der Waals surface area contributed by atoms with Crippen LogP contribution in [0.4, 0.5) is 4.39 Å². The lowest BCUT2D eigenvalue weighted by atomic mass is 9.90. The van der Waals surface area contributed by atoms with Gasteiger partial charge in [0.05, 0.1) is 13.2 Å². The number of benzene rings is 3. The predicted octanol–water partition coefficient (Wildman–Crippen LogP) is 3.69. The van der Waals surface area contributed by atoms with Crippen LogP contribution in [-0.4, -0.2) is 49.1 Å². The van der Waals surface area contributed by atoms with Crippen molar-refractivity contribution in [2.45, 2.75) is 12.0 Å². The van der Waals surface area contributed by atoms with E-state index in [2.05, 4.69) is 5.32 Å². The summed E-state index contributed by atoms with van der Waals surface area (Å²) in [6.07, 6.45) is 0.328. The van der Waals surface area contributed by atoms with Gasteiger partial charge in [0.2, 0.25) is 0 Å². The maximum absolute atomic E-state index is 13.2. The Morgan fingerprint density at radius 1 is 0.969 bits per heavy atom. The van der Waals surface area contributed by atoms with E-state index < -0.39 is 5.60 Å². The first-order chi connectivity index (χ1) is 15.5. The van der Waals surface area contributed by atoms with Crippen molar-refractivity contribution >= 4 is 11.8 Å². The van der Waals surface area contributed by atoms with Gasteiger partial charge >= 0.3 is 0 Å². The molecule has 1 fully saturated rings. The molecule has 5 nitrogen and oxygen atoms in total. The third kappa shape index (κ3) is 4.55. The number of hydrogen-bond donors (Lipinski definition) is 1. The molecule has 1 N–H and O–H groups in total. The number of ether oxygens (including phenoxy) is 1. The zero-order chi connectivity index (χ0) is 22.6. The molecule has 1 aliphatic rings. The fourth-order valence-electron chi connectivity index (χ4n) is 4.06. The van der Waals surface area contributed by atoms with E-state index in [1.165, 1.54) is 12.1 Å². The van der Waals surface area contributed by atoms with Gasteiger partial charge in [0.1, 0.15) is 5.82 Å². The Kier molecular flexibility index (Phi) is 6.32. The van der Waals surface area contributed by atoms with Crippen LogP contribution in [0.3, 0.4) is 0 Å². The molecule has 1 atom stereocenters. The van der Waals surface area contributed by atoms with Gasteiger partial charge in [-0.05, 0) is 41.0 Å². The summed E-state index contributed by atoms with van der Waals surface area (Å²) in [4.78, 5) is 27.6. The van der Waals surface area contributed by atoms with Crippen molar-refractivity contribution in [2.75, 3.05) is 26.7 Å². The zero-order valence-electron chi connectivity index (χ0n) is 17.9. The maximum atomic E-state index is 13.2. The Balaban J connectivity index is 1.56. The molecular weight excluding hydrogens is 407 g/mol. The Hall–Kier alpha value is -3.51. The average molecular weight is 432 g/mol. The molecule has 0 aliphatic carbocycles. The van der Waals surface area contributed by atoms with Crippen LogP contribution in [0.25, 0.3) is 11.1 Å². The number of likely N-dealkylation sites (N-methyl/N-ethyl adjacent to an activating group) is 1. The third-order valence-corrected chi connectivity index (χ3v) is 5.76. The molecule has 3 aromatic carbocycles. The number of nitrogens with zero attached hydrogens (tertiary/aromatic N) is 1. The Labute approximate surface area is 186 Å². The third-order valence-electron chi connectivity index (χ3n) is 5.76. The number of amides is 2. The summed E-state index contributed by atoms with van der Waals surface area (Å²) >= 11 is 0. The van der Waals surface area contributed by atoms with Crippen molar-refractivity contribution in [1.29, 1.82) is 0 Å². The minimum Gasteiger partial charge on any atom is -0.361 e. The summed E-state index contributed by atoms with van der Waals surface area (Å²) < 4.78 is 19.2. The summed E-state index contributed by atoms with van der Waals surface area (Å²) in [5.74, 6) is -0.651. The first-order valence-corrected chi connectivity index (χ1v) is 10.6. The quantitative estimate of drug-likeness (QED) is 0.669. The van der Waals surface area contributed by atoms with Gasteiger partial charge in [0.15, 0.2) is 5.60 Å². The minimum atomic E-state index is -1.17. The SMILES string of the molecule is CNC(=O)C1(Cc2ccc(-c3ccc(F)cc3)cc2)CN(C(=O)c2ccccc2)CCO1. The van der Waals surface area contributed by atoms with Crippen LogP contribution in [-0.2, 0) is 16.0 Å². The molecule has 2 amide bonds. The van der Waals surface area contributed by atoms with Gasteiger partial charge in [-0.2, -0.15) is 0 Å². The second-order valence-corrected chi connectivity index (χ2v) is 7.90. The van der Waals surface area contributed by atoms with Crippen LogP contribution in [0.1, 0.15) is 15.9 Å². The molecular formula is C26H25FN2O3. The lowest BCUT2D eigenvalue weighted by Gasteiger charge is -2.41. The molecule has 6 heteroatoms. The van der Waals surface area contributed by atoms with Crippen LogP contribution < -0.4 is 5.32 Å².